The van der Waals surface area contributed by atoms with Crippen molar-refractivity contribution in [3.05, 3.63) is 47.8 Å². The lowest BCUT2D eigenvalue weighted by atomic mass is 9.95. The van der Waals surface area contributed by atoms with Crippen LogP contribution in [0.5, 0.6) is 5.75 Å². The van der Waals surface area contributed by atoms with Crippen molar-refractivity contribution in [1.29, 1.82) is 0 Å². The minimum Gasteiger partial charge on any atom is -0.497 e. The standard InChI is InChI=1S/C21H24N4O2/c1-27-18-9-7-15(8-10-18)13-25-21-19(12-23-25)20(16(14-26)11-22-21)24-17-5-3-2-4-6-17/h7-12,14,17H,2-6,13H2,1H3,(H,22,24). The highest BCUT2D eigenvalue weighted by Crippen LogP contribution is 2.29. The molecular formula is C21H24N4O2. The molecule has 3 aromatic rings. The Bertz CT molecular complexity index is 927. The number of carbonyl (C=O) groups is 1. The van der Waals surface area contributed by atoms with Crippen LogP contribution >= 0.6 is 0 Å². The van der Waals surface area contributed by atoms with Crippen LogP contribution in [-0.4, -0.2) is 34.2 Å². The van der Waals surface area contributed by atoms with Crippen LogP contribution in [0.15, 0.2) is 36.7 Å². The van der Waals surface area contributed by atoms with E-state index in [1.165, 1.54) is 19.3 Å². The second kappa shape index (κ2) is 7.78. The first-order valence-electron chi connectivity index (χ1n) is 9.47. The van der Waals surface area contributed by atoms with Crippen molar-refractivity contribution >= 4 is 23.0 Å². The number of anilines is 1. The number of pyridine rings is 1. The van der Waals surface area contributed by atoms with Gasteiger partial charge in [0.25, 0.3) is 0 Å². The third-order valence-electron chi connectivity index (χ3n) is 5.27. The smallest absolute Gasteiger partial charge is 0.160 e. The van der Waals surface area contributed by atoms with Gasteiger partial charge in [0, 0.05) is 12.2 Å². The van der Waals surface area contributed by atoms with E-state index in [0.29, 0.717) is 18.2 Å². The first-order chi connectivity index (χ1) is 13.3. The van der Waals surface area contributed by atoms with Crippen molar-refractivity contribution in [2.45, 2.75) is 44.7 Å². The molecule has 0 atom stereocenters. The molecule has 1 saturated carbocycles. The number of hydrogen-bond acceptors (Lipinski definition) is 5. The molecule has 0 amide bonds. The van der Waals surface area contributed by atoms with E-state index < -0.39 is 0 Å². The van der Waals surface area contributed by atoms with Gasteiger partial charge in [-0.3, -0.25) is 4.79 Å². The first-order valence-corrected chi connectivity index (χ1v) is 9.47. The van der Waals surface area contributed by atoms with Gasteiger partial charge in [-0.25, -0.2) is 9.67 Å². The van der Waals surface area contributed by atoms with Crippen LogP contribution in [0.25, 0.3) is 11.0 Å². The highest BCUT2D eigenvalue weighted by molar-refractivity contribution is 5.98. The van der Waals surface area contributed by atoms with Gasteiger partial charge in [-0.1, -0.05) is 31.4 Å². The van der Waals surface area contributed by atoms with Crippen LogP contribution in [0, 0.1) is 0 Å². The van der Waals surface area contributed by atoms with E-state index in [4.69, 9.17) is 4.74 Å². The number of ether oxygens (including phenoxy) is 1. The summed E-state index contributed by atoms with van der Waals surface area (Å²) in [5.41, 5.74) is 3.36. The molecule has 6 nitrogen and oxygen atoms in total. The Morgan fingerprint density at radius 2 is 1.96 bits per heavy atom. The van der Waals surface area contributed by atoms with E-state index in [1.54, 1.807) is 13.3 Å². The van der Waals surface area contributed by atoms with Gasteiger partial charge in [0.1, 0.15) is 5.75 Å². The van der Waals surface area contributed by atoms with E-state index in [9.17, 15) is 4.79 Å². The summed E-state index contributed by atoms with van der Waals surface area (Å²) in [7, 11) is 1.66. The number of aldehydes is 1. The number of carbonyl (C=O) groups excluding carboxylic acids is 1. The molecule has 1 aliphatic rings. The second-order valence-corrected chi connectivity index (χ2v) is 7.07. The Kier molecular flexibility index (Phi) is 5.05. The number of benzene rings is 1. The first kappa shape index (κ1) is 17.5. The van der Waals surface area contributed by atoms with Gasteiger partial charge in [-0.15, -0.1) is 0 Å². The summed E-state index contributed by atoms with van der Waals surface area (Å²) >= 11 is 0. The van der Waals surface area contributed by atoms with E-state index >= 15 is 0 Å². The van der Waals surface area contributed by atoms with Crippen molar-refractivity contribution in [3.8, 4) is 5.75 Å². The average molecular weight is 364 g/mol. The monoisotopic (exact) mass is 364 g/mol. The third kappa shape index (κ3) is 3.65. The summed E-state index contributed by atoms with van der Waals surface area (Å²) in [6, 6.07) is 8.33. The summed E-state index contributed by atoms with van der Waals surface area (Å²) in [5, 5.41) is 9.03. The van der Waals surface area contributed by atoms with E-state index in [0.717, 1.165) is 47.2 Å². The lowest BCUT2D eigenvalue weighted by Crippen LogP contribution is -2.23. The molecule has 1 aliphatic carbocycles. The average Bonchev–Trinajstić information content (AvgIpc) is 3.13. The minimum absolute atomic E-state index is 0.410. The fourth-order valence-electron chi connectivity index (χ4n) is 3.76. The predicted octanol–water partition coefficient (Wildman–Crippen LogP) is 4.05. The number of fused-ring (bicyclic) bond motifs is 1. The maximum Gasteiger partial charge on any atom is 0.160 e. The van der Waals surface area contributed by atoms with Crippen LogP contribution < -0.4 is 10.1 Å². The SMILES string of the molecule is COc1ccc(Cn2ncc3c(NC4CCCCC4)c(C=O)cnc32)cc1. The molecule has 140 valence electrons. The number of hydrogen-bond donors (Lipinski definition) is 1. The van der Waals surface area contributed by atoms with Crippen LogP contribution in [0.1, 0.15) is 48.0 Å². The normalized spacial score (nSPS) is 15.0. The number of rotatable bonds is 6. The Morgan fingerprint density at radius 1 is 1.19 bits per heavy atom. The number of nitrogens with one attached hydrogen (secondary N) is 1. The minimum atomic E-state index is 0.410. The van der Waals surface area contributed by atoms with Crippen molar-refractivity contribution in [1.82, 2.24) is 14.8 Å². The summed E-state index contributed by atoms with van der Waals surface area (Å²) in [6.45, 7) is 0.615. The Hall–Kier alpha value is -2.89. The highest BCUT2D eigenvalue weighted by atomic mass is 16.5. The fraction of sp³-hybridized carbons (Fsp3) is 0.381. The summed E-state index contributed by atoms with van der Waals surface area (Å²) in [5.74, 6) is 0.830. The van der Waals surface area contributed by atoms with Crippen molar-refractivity contribution in [3.63, 3.8) is 0 Å². The van der Waals surface area contributed by atoms with Crippen LogP contribution in [0.3, 0.4) is 0 Å². The predicted molar refractivity (Wildman–Crippen MR) is 106 cm³/mol. The van der Waals surface area contributed by atoms with Crippen LogP contribution in [0.2, 0.25) is 0 Å². The van der Waals surface area contributed by atoms with Gasteiger partial charge >= 0.3 is 0 Å². The van der Waals surface area contributed by atoms with Crippen molar-refractivity contribution in [2.75, 3.05) is 12.4 Å². The molecule has 0 unspecified atom stereocenters. The molecule has 1 N–H and O–H groups in total. The van der Waals surface area contributed by atoms with Crippen molar-refractivity contribution in [2.24, 2.45) is 0 Å². The molecule has 0 bridgehead atoms. The molecule has 0 saturated heterocycles. The highest BCUT2D eigenvalue weighted by Gasteiger charge is 2.18. The maximum atomic E-state index is 11.6. The van der Waals surface area contributed by atoms with Gasteiger partial charge in [0.15, 0.2) is 11.9 Å². The zero-order chi connectivity index (χ0) is 18.6. The lowest BCUT2D eigenvalue weighted by Gasteiger charge is -2.24. The molecule has 0 spiro atoms. The molecule has 6 heteroatoms. The summed E-state index contributed by atoms with van der Waals surface area (Å²) < 4.78 is 7.08. The van der Waals surface area contributed by atoms with Gasteiger partial charge in [-0.2, -0.15) is 5.10 Å². The Morgan fingerprint density at radius 3 is 2.67 bits per heavy atom. The molecule has 1 aromatic carbocycles. The van der Waals surface area contributed by atoms with E-state index in [-0.39, 0.29) is 0 Å². The second-order valence-electron chi connectivity index (χ2n) is 7.07. The van der Waals surface area contributed by atoms with Crippen LogP contribution in [0.4, 0.5) is 5.69 Å². The Labute approximate surface area is 158 Å². The number of methoxy groups -OCH3 is 1. The Balaban J connectivity index is 1.65. The molecule has 2 aromatic heterocycles. The van der Waals surface area contributed by atoms with E-state index in [2.05, 4.69) is 15.4 Å². The molecular weight excluding hydrogens is 340 g/mol. The van der Waals surface area contributed by atoms with Gasteiger partial charge < -0.3 is 10.1 Å². The molecule has 1 fully saturated rings. The molecule has 0 radical (unpaired) electrons. The largest absolute Gasteiger partial charge is 0.497 e. The molecule has 0 aliphatic heterocycles. The van der Waals surface area contributed by atoms with Gasteiger partial charge in [-0.05, 0) is 30.5 Å². The number of nitrogens with zero attached hydrogens (tertiary/aromatic N) is 3. The maximum absolute atomic E-state index is 11.6. The lowest BCUT2D eigenvalue weighted by molar-refractivity contribution is 0.112. The van der Waals surface area contributed by atoms with E-state index in [1.807, 2.05) is 35.1 Å². The van der Waals surface area contributed by atoms with Crippen LogP contribution in [-0.2, 0) is 6.54 Å². The molecule has 27 heavy (non-hydrogen) atoms. The summed E-state index contributed by atoms with van der Waals surface area (Å²) in [6.07, 6.45) is 10.4. The fourth-order valence-corrected chi connectivity index (χ4v) is 3.76. The molecule has 2 heterocycles. The van der Waals surface area contributed by atoms with Gasteiger partial charge in [0.2, 0.25) is 0 Å². The van der Waals surface area contributed by atoms with Gasteiger partial charge in [0.05, 0.1) is 36.5 Å². The molecule has 4 rings (SSSR count). The third-order valence-corrected chi connectivity index (χ3v) is 5.27. The topological polar surface area (TPSA) is 69.0 Å². The summed E-state index contributed by atoms with van der Waals surface area (Å²) in [4.78, 5) is 16.1. The quantitative estimate of drug-likeness (QED) is 0.669. The zero-order valence-corrected chi connectivity index (χ0v) is 15.5. The number of aromatic nitrogens is 3. The zero-order valence-electron chi connectivity index (χ0n) is 15.5. The van der Waals surface area contributed by atoms with Crippen molar-refractivity contribution < 1.29 is 9.53 Å².